The van der Waals surface area contributed by atoms with Crippen LogP contribution < -0.4 is 0 Å². The summed E-state index contributed by atoms with van der Waals surface area (Å²) in [5.41, 5.74) is 1.38. The monoisotopic (exact) mass is 304 g/mol. The zero-order valence-corrected chi connectivity index (χ0v) is 14.0. The van der Waals surface area contributed by atoms with E-state index in [1.165, 1.54) is 5.56 Å². The SMILES string of the molecule is C[C@@H](CC(=O)CCCc1ccccc1)C1OCC(C)(C)CO1. The van der Waals surface area contributed by atoms with Crippen LogP contribution in [0, 0.1) is 11.3 Å². The lowest BCUT2D eigenvalue weighted by Crippen LogP contribution is -2.41. The molecule has 1 heterocycles. The summed E-state index contributed by atoms with van der Waals surface area (Å²) in [4.78, 5) is 12.1. The number of benzene rings is 1. The molecular formula is C19H28O3. The second kappa shape index (κ2) is 7.89. The van der Waals surface area contributed by atoms with Crippen LogP contribution in [0.15, 0.2) is 30.3 Å². The zero-order valence-electron chi connectivity index (χ0n) is 14.0. The molecule has 3 heteroatoms. The highest BCUT2D eigenvalue weighted by Crippen LogP contribution is 2.27. The van der Waals surface area contributed by atoms with Crippen LogP contribution in [0.1, 0.15) is 45.6 Å². The molecule has 2 rings (SSSR count). The van der Waals surface area contributed by atoms with E-state index in [-0.39, 0.29) is 17.6 Å². The largest absolute Gasteiger partial charge is 0.352 e. The summed E-state index contributed by atoms with van der Waals surface area (Å²) in [6.45, 7) is 7.69. The van der Waals surface area contributed by atoms with E-state index in [0.29, 0.717) is 31.8 Å². The second-order valence-electron chi connectivity index (χ2n) is 7.21. The lowest BCUT2D eigenvalue weighted by Gasteiger charge is -2.37. The van der Waals surface area contributed by atoms with Crippen LogP contribution in [0.2, 0.25) is 0 Å². The van der Waals surface area contributed by atoms with Crippen molar-refractivity contribution in [1.82, 2.24) is 0 Å². The fraction of sp³-hybridized carbons (Fsp3) is 0.632. The molecule has 1 fully saturated rings. The fourth-order valence-electron chi connectivity index (χ4n) is 2.73. The minimum Gasteiger partial charge on any atom is -0.352 e. The first-order valence-corrected chi connectivity index (χ1v) is 8.25. The van der Waals surface area contributed by atoms with Crippen molar-refractivity contribution < 1.29 is 14.3 Å². The Kier molecular flexibility index (Phi) is 6.16. The van der Waals surface area contributed by atoms with E-state index in [1.54, 1.807) is 0 Å². The first kappa shape index (κ1) is 17.2. The summed E-state index contributed by atoms with van der Waals surface area (Å²) in [6.07, 6.45) is 2.82. The van der Waals surface area contributed by atoms with Crippen molar-refractivity contribution in [3.05, 3.63) is 35.9 Å². The van der Waals surface area contributed by atoms with Crippen LogP contribution in [0.4, 0.5) is 0 Å². The maximum atomic E-state index is 12.1. The van der Waals surface area contributed by atoms with E-state index in [1.807, 2.05) is 25.1 Å². The van der Waals surface area contributed by atoms with Gasteiger partial charge in [-0.25, -0.2) is 0 Å². The molecule has 1 aliphatic heterocycles. The molecule has 122 valence electrons. The number of rotatable bonds is 7. The summed E-state index contributed by atoms with van der Waals surface area (Å²) in [5, 5.41) is 0. The number of hydrogen-bond donors (Lipinski definition) is 0. The third-order valence-corrected chi connectivity index (χ3v) is 4.05. The van der Waals surface area contributed by atoms with E-state index in [4.69, 9.17) is 9.47 Å². The fourth-order valence-corrected chi connectivity index (χ4v) is 2.73. The van der Waals surface area contributed by atoms with Crippen molar-refractivity contribution in [2.45, 2.75) is 52.7 Å². The highest BCUT2D eigenvalue weighted by Gasteiger charge is 2.31. The molecule has 0 spiro atoms. The Morgan fingerprint density at radius 3 is 2.50 bits per heavy atom. The average Bonchev–Trinajstić information content (AvgIpc) is 2.48. The summed E-state index contributed by atoms with van der Waals surface area (Å²) in [6, 6.07) is 10.3. The molecule has 0 aromatic heterocycles. The first-order chi connectivity index (χ1) is 10.5. The van der Waals surface area contributed by atoms with Crippen molar-refractivity contribution in [3.63, 3.8) is 0 Å². The van der Waals surface area contributed by atoms with Gasteiger partial charge in [-0.2, -0.15) is 0 Å². The first-order valence-electron chi connectivity index (χ1n) is 8.25. The van der Waals surface area contributed by atoms with Crippen molar-refractivity contribution >= 4 is 5.78 Å². The van der Waals surface area contributed by atoms with Crippen LogP contribution in [0.3, 0.4) is 0 Å². The molecule has 1 saturated heterocycles. The van der Waals surface area contributed by atoms with Gasteiger partial charge in [-0.1, -0.05) is 51.1 Å². The summed E-state index contributed by atoms with van der Waals surface area (Å²) in [5.74, 6) is 0.431. The molecular weight excluding hydrogens is 276 g/mol. The van der Waals surface area contributed by atoms with Gasteiger partial charge in [0.1, 0.15) is 5.78 Å². The van der Waals surface area contributed by atoms with Gasteiger partial charge < -0.3 is 9.47 Å². The van der Waals surface area contributed by atoms with Gasteiger partial charge in [-0.05, 0) is 18.4 Å². The Morgan fingerprint density at radius 1 is 1.23 bits per heavy atom. The van der Waals surface area contributed by atoms with Crippen LogP contribution in [-0.4, -0.2) is 25.3 Å². The van der Waals surface area contributed by atoms with Gasteiger partial charge in [0.05, 0.1) is 13.2 Å². The molecule has 22 heavy (non-hydrogen) atoms. The highest BCUT2D eigenvalue weighted by molar-refractivity contribution is 5.78. The number of Topliss-reactive ketones (excluding diaryl/α,β-unsaturated/α-hetero) is 1. The van der Waals surface area contributed by atoms with Gasteiger partial charge in [0, 0.05) is 24.2 Å². The van der Waals surface area contributed by atoms with Crippen LogP contribution in [0.5, 0.6) is 0 Å². The molecule has 0 bridgehead atoms. The van der Waals surface area contributed by atoms with Crippen LogP contribution in [0.25, 0.3) is 0 Å². The average molecular weight is 304 g/mol. The molecule has 0 unspecified atom stereocenters. The number of ether oxygens (including phenoxy) is 2. The highest BCUT2D eigenvalue weighted by atomic mass is 16.7. The predicted octanol–water partition coefficient (Wildman–Crippen LogP) is 4.00. The Labute approximate surface area is 134 Å². The molecule has 1 aliphatic rings. The topological polar surface area (TPSA) is 35.5 Å². The lowest BCUT2D eigenvalue weighted by atomic mass is 9.94. The predicted molar refractivity (Wildman–Crippen MR) is 87.6 cm³/mol. The number of carbonyl (C=O) groups excluding carboxylic acids is 1. The Balaban J connectivity index is 1.66. The molecule has 0 amide bonds. The van der Waals surface area contributed by atoms with Gasteiger partial charge in [-0.15, -0.1) is 0 Å². The molecule has 0 aliphatic carbocycles. The van der Waals surface area contributed by atoms with Crippen molar-refractivity contribution in [2.24, 2.45) is 11.3 Å². The second-order valence-corrected chi connectivity index (χ2v) is 7.21. The summed E-state index contributed by atoms with van der Waals surface area (Å²) in [7, 11) is 0. The van der Waals surface area contributed by atoms with Crippen LogP contribution >= 0.6 is 0 Å². The third-order valence-electron chi connectivity index (χ3n) is 4.05. The van der Waals surface area contributed by atoms with Gasteiger partial charge in [0.15, 0.2) is 6.29 Å². The van der Waals surface area contributed by atoms with Crippen molar-refractivity contribution in [1.29, 1.82) is 0 Å². The van der Waals surface area contributed by atoms with Crippen molar-refractivity contribution in [3.8, 4) is 0 Å². The normalized spacial score (nSPS) is 19.8. The van der Waals surface area contributed by atoms with Gasteiger partial charge >= 0.3 is 0 Å². The lowest BCUT2D eigenvalue weighted by molar-refractivity contribution is -0.241. The van der Waals surface area contributed by atoms with E-state index in [2.05, 4.69) is 26.0 Å². The number of aryl methyl sites for hydroxylation is 1. The van der Waals surface area contributed by atoms with Crippen LogP contribution in [-0.2, 0) is 20.7 Å². The maximum absolute atomic E-state index is 12.1. The maximum Gasteiger partial charge on any atom is 0.160 e. The minimum absolute atomic E-state index is 0.0793. The van der Waals surface area contributed by atoms with Gasteiger partial charge in [-0.3, -0.25) is 4.79 Å². The molecule has 1 aromatic rings. The molecule has 0 radical (unpaired) electrons. The molecule has 1 aromatic carbocycles. The van der Waals surface area contributed by atoms with E-state index in [9.17, 15) is 4.79 Å². The minimum atomic E-state index is -0.230. The standard InChI is InChI=1S/C19H28O3/c1-15(18-21-13-19(2,3)14-22-18)12-17(20)11-7-10-16-8-5-4-6-9-16/h4-6,8-9,15,18H,7,10-14H2,1-3H3/t15-/m0/s1. The summed E-state index contributed by atoms with van der Waals surface area (Å²) >= 11 is 0. The molecule has 1 atom stereocenters. The van der Waals surface area contributed by atoms with E-state index >= 15 is 0 Å². The molecule has 0 N–H and O–H groups in total. The Hall–Kier alpha value is -1.19. The van der Waals surface area contributed by atoms with Gasteiger partial charge in [0.2, 0.25) is 0 Å². The third kappa shape index (κ3) is 5.54. The number of hydrogen-bond acceptors (Lipinski definition) is 3. The number of carbonyl (C=O) groups is 1. The quantitative estimate of drug-likeness (QED) is 0.763. The zero-order chi connectivity index (χ0) is 16.0. The number of ketones is 1. The van der Waals surface area contributed by atoms with Crippen molar-refractivity contribution in [2.75, 3.05) is 13.2 Å². The Bertz CT molecular complexity index is 457. The molecule has 3 nitrogen and oxygen atoms in total. The van der Waals surface area contributed by atoms with E-state index < -0.39 is 0 Å². The summed E-state index contributed by atoms with van der Waals surface area (Å²) < 4.78 is 11.5. The van der Waals surface area contributed by atoms with Gasteiger partial charge in [0.25, 0.3) is 0 Å². The Morgan fingerprint density at radius 2 is 1.86 bits per heavy atom. The van der Waals surface area contributed by atoms with E-state index in [0.717, 1.165) is 12.8 Å². The molecule has 0 saturated carbocycles. The smallest absolute Gasteiger partial charge is 0.160 e.